The van der Waals surface area contributed by atoms with E-state index < -0.39 is 15.9 Å². The van der Waals surface area contributed by atoms with Crippen LogP contribution in [0.3, 0.4) is 0 Å². The SMILES string of the molecule is CCNC(=O)c1csc(NC(=O)c2ccccc2NS(=O)(=O)c2ccc(Cl)cc2)n1. The van der Waals surface area contributed by atoms with Crippen molar-refractivity contribution in [2.75, 3.05) is 16.6 Å². The summed E-state index contributed by atoms with van der Waals surface area (Å²) in [5, 5.41) is 7.36. The Kier molecular flexibility index (Phi) is 6.70. The number of para-hydroxylation sites is 1. The molecule has 0 atom stereocenters. The number of nitrogens with one attached hydrogen (secondary N) is 3. The highest BCUT2D eigenvalue weighted by Gasteiger charge is 2.20. The average Bonchev–Trinajstić information content (AvgIpc) is 3.17. The summed E-state index contributed by atoms with van der Waals surface area (Å²) < 4.78 is 27.7. The van der Waals surface area contributed by atoms with Gasteiger partial charge in [0.15, 0.2) is 5.13 Å². The number of hydrogen-bond donors (Lipinski definition) is 3. The van der Waals surface area contributed by atoms with Crippen LogP contribution in [-0.4, -0.2) is 31.8 Å². The molecule has 0 spiro atoms. The van der Waals surface area contributed by atoms with E-state index in [0.29, 0.717) is 11.6 Å². The van der Waals surface area contributed by atoms with Crippen molar-refractivity contribution in [3.63, 3.8) is 0 Å². The molecular weight excluding hydrogens is 448 g/mol. The maximum atomic E-state index is 12.7. The fraction of sp³-hybridized carbons (Fsp3) is 0.105. The van der Waals surface area contributed by atoms with E-state index in [2.05, 4.69) is 20.3 Å². The fourth-order valence-electron chi connectivity index (χ4n) is 2.44. The number of anilines is 2. The minimum absolute atomic E-state index is 0.00798. The Balaban J connectivity index is 1.80. The van der Waals surface area contributed by atoms with E-state index >= 15 is 0 Å². The molecule has 3 N–H and O–H groups in total. The molecule has 2 amide bonds. The van der Waals surface area contributed by atoms with Crippen LogP contribution in [0.4, 0.5) is 10.8 Å². The Bertz CT molecular complexity index is 1180. The second-order valence-electron chi connectivity index (χ2n) is 5.96. The van der Waals surface area contributed by atoms with Crippen LogP contribution in [0.5, 0.6) is 0 Å². The number of carbonyl (C=O) groups is 2. The maximum absolute atomic E-state index is 12.7. The minimum Gasteiger partial charge on any atom is -0.351 e. The normalized spacial score (nSPS) is 11.0. The van der Waals surface area contributed by atoms with Crippen molar-refractivity contribution in [1.82, 2.24) is 10.3 Å². The second kappa shape index (κ2) is 9.24. The third-order valence-electron chi connectivity index (χ3n) is 3.83. The van der Waals surface area contributed by atoms with Crippen LogP contribution >= 0.6 is 22.9 Å². The zero-order chi connectivity index (χ0) is 21.7. The lowest BCUT2D eigenvalue weighted by Gasteiger charge is -2.12. The first-order valence-electron chi connectivity index (χ1n) is 8.72. The first kappa shape index (κ1) is 21.8. The number of carbonyl (C=O) groups excluding carboxylic acids is 2. The molecule has 8 nitrogen and oxygen atoms in total. The van der Waals surface area contributed by atoms with E-state index in [1.165, 1.54) is 41.8 Å². The third kappa shape index (κ3) is 5.15. The zero-order valence-electron chi connectivity index (χ0n) is 15.7. The lowest BCUT2D eigenvalue weighted by molar-refractivity contribution is 0.0950. The number of amides is 2. The van der Waals surface area contributed by atoms with Crippen molar-refractivity contribution in [1.29, 1.82) is 0 Å². The number of thiazole rings is 1. The molecule has 0 aliphatic rings. The topological polar surface area (TPSA) is 117 Å². The molecule has 30 heavy (non-hydrogen) atoms. The number of hydrogen-bond acceptors (Lipinski definition) is 6. The maximum Gasteiger partial charge on any atom is 0.270 e. The molecule has 11 heteroatoms. The van der Waals surface area contributed by atoms with Crippen molar-refractivity contribution < 1.29 is 18.0 Å². The third-order valence-corrected chi connectivity index (χ3v) is 6.23. The Morgan fingerprint density at radius 2 is 1.77 bits per heavy atom. The largest absolute Gasteiger partial charge is 0.351 e. The zero-order valence-corrected chi connectivity index (χ0v) is 18.1. The molecule has 0 fully saturated rings. The summed E-state index contributed by atoms with van der Waals surface area (Å²) in [6, 6.07) is 11.8. The number of halogens is 1. The van der Waals surface area contributed by atoms with E-state index in [4.69, 9.17) is 11.6 Å². The van der Waals surface area contributed by atoms with Gasteiger partial charge >= 0.3 is 0 Å². The van der Waals surface area contributed by atoms with Crippen LogP contribution in [-0.2, 0) is 10.0 Å². The summed E-state index contributed by atoms with van der Waals surface area (Å²) in [5.41, 5.74) is 0.393. The molecule has 0 bridgehead atoms. The van der Waals surface area contributed by atoms with Crippen LogP contribution in [0.15, 0.2) is 58.8 Å². The molecule has 2 aromatic carbocycles. The first-order valence-corrected chi connectivity index (χ1v) is 11.5. The van der Waals surface area contributed by atoms with E-state index in [0.717, 1.165) is 11.3 Å². The minimum atomic E-state index is -3.93. The number of benzene rings is 2. The smallest absolute Gasteiger partial charge is 0.270 e. The molecule has 0 aliphatic heterocycles. The standard InChI is InChI=1S/C19H17ClN4O4S2/c1-2-21-18(26)16-11-29-19(22-16)23-17(25)14-5-3-4-6-15(14)24-30(27,28)13-9-7-12(20)8-10-13/h3-11,24H,2H2,1H3,(H,21,26)(H,22,23,25). The van der Waals surface area contributed by atoms with Crippen molar-refractivity contribution in [3.05, 3.63) is 70.2 Å². The van der Waals surface area contributed by atoms with Gasteiger partial charge in [0, 0.05) is 16.9 Å². The van der Waals surface area contributed by atoms with E-state index in [-0.39, 0.29) is 32.9 Å². The Morgan fingerprint density at radius 3 is 2.47 bits per heavy atom. The summed E-state index contributed by atoms with van der Waals surface area (Å²) in [6.45, 7) is 2.24. The molecule has 0 saturated heterocycles. The average molecular weight is 465 g/mol. The molecule has 1 aromatic heterocycles. The van der Waals surface area contributed by atoms with Crippen molar-refractivity contribution in [3.8, 4) is 0 Å². The van der Waals surface area contributed by atoms with Gasteiger partial charge in [0.1, 0.15) is 5.69 Å². The van der Waals surface area contributed by atoms with Gasteiger partial charge in [-0.15, -0.1) is 11.3 Å². The molecule has 1 heterocycles. The predicted molar refractivity (Wildman–Crippen MR) is 117 cm³/mol. The summed E-state index contributed by atoms with van der Waals surface area (Å²) in [7, 11) is -3.93. The van der Waals surface area contributed by atoms with E-state index in [1.807, 2.05) is 0 Å². The van der Waals surface area contributed by atoms with Crippen molar-refractivity contribution >= 4 is 55.6 Å². The van der Waals surface area contributed by atoms with Crippen molar-refractivity contribution in [2.45, 2.75) is 11.8 Å². The highest BCUT2D eigenvalue weighted by molar-refractivity contribution is 7.92. The van der Waals surface area contributed by atoms with Gasteiger partial charge in [-0.3, -0.25) is 19.6 Å². The summed E-state index contributed by atoms with van der Waals surface area (Å²) in [5.74, 6) is -0.911. The number of rotatable bonds is 7. The van der Waals surface area contributed by atoms with E-state index in [9.17, 15) is 18.0 Å². The van der Waals surface area contributed by atoms with Gasteiger partial charge in [-0.1, -0.05) is 23.7 Å². The lowest BCUT2D eigenvalue weighted by Crippen LogP contribution is -2.23. The Hall–Kier alpha value is -2.95. The van der Waals surface area contributed by atoms with Gasteiger partial charge < -0.3 is 5.32 Å². The summed E-state index contributed by atoms with van der Waals surface area (Å²) in [6.07, 6.45) is 0. The second-order valence-corrected chi connectivity index (χ2v) is 8.93. The van der Waals surface area contributed by atoms with Gasteiger partial charge in [-0.25, -0.2) is 13.4 Å². The molecule has 0 aliphatic carbocycles. The Labute approximate surface area is 182 Å². The molecule has 3 rings (SSSR count). The molecular formula is C19H17ClN4O4S2. The van der Waals surface area contributed by atoms with Crippen molar-refractivity contribution in [2.24, 2.45) is 0 Å². The van der Waals surface area contributed by atoms with Gasteiger partial charge in [-0.2, -0.15) is 0 Å². The van der Waals surface area contributed by atoms with Crippen LogP contribution in [0, 0.1) is 0 Å². The van der Waals surface area contributed by atoms with Gasteiger partial charge in [0.25, 0.3) is 21.8 Å². The number of aromatic nitrogens is 1. The van der Waals surface area contributed by atoms with Crippen LogP contribution in [0.25, 0.3) is 0 Å². The van der Waals surface area contributed by atoms with Gasteiger partial charge in [0.05, 0.1) is 16.1 Å². The summed E-state index contributed by atoms with van der Waals surface area (Å²) >= 11 is 6.90. The number of nitrogens with zero attached hydrogens (tertiary/aromatic N) is 1. The molecule has 3 aromatic rings. The molecule has 156 valence electrons. The molecule has 0 saturated carbocycles. The first-order chi connectivity index (χ1) is 14.3. The quantitative estimate of drug-likeness (QED) is 0.493. The van der Waals surface area contributed by atoms with Crippen LogP contribution in [0.2, 0.25) is 5.02 Å². The van der Waals surface area contributed by atoms with Gasteiger partial charge in [0.2, 0.25) is 0 Å². The highest BCUT2D eigenvalue weighted by Crippen LogP contribution is 2.23. The fourth-order valence-corrected chi connectivity index (χ4v) is 4.33. The Morgan fingerprint density at radius 1 is 1.07 bits per heavy atom. The van der Waals surface area contributed by atoms with Crippen LogP contribution < -0.4 is 15.4 Å². The molecule has 0 unspecified atom stereocenters. The number of sulfonamides is 1. The highest BCUT2D eigenvalue weighted by atomic mass is 35.5. The van der Waals surface area contributed by atoms with Gasteiger partial charge in [-0.05, 0) is 43.3 Å². The monoisotopic (exact) mass is 464 g/mol. The van der Waals surface area contributed by atoms with Crippen LogP contribution in [0.1, 0.15) is 27.8 Å². The van der Waals surface area contributed by atoms with E-state index in [1.54, 1.807) is 19.1 Å². The summed E-state index contributed by atoms with van der Waals surface area (Å²) in [4.78, 5) is 28.6. The molecule has 0 radical (unpaired) electrons. The lowest BCUT2D eigenvalue weighted by atomic mass is 10.2. The predicted octanol–water partition coefficient (Wildman–Crippen LogP) is 3.60.